The van der Waals surface area contributed by atoms with Crippen molar-refractivity contribution in [2.75, 3.05) is 66.9 Å². The largest absolute Gasteiger partial charge is 0.394 e. The van der Waals surface area contributed by atoms with Gasteiger partial charge in [-0.15, -0.1) is 0 Å². The third kappa shape index (κ3) is 13.4. The molecule has 20 N–H and O–H groups in total. The highest BCUT2D eigenvalue weighted by Crippen LogP contribution is 2.39. The van der Waals surface area contributed by atoms with Crippen LogP contribution in [0.25, 0.3) is 0 Å². The van der Waals surface area contributed by atoms with Gasteiger partial charge in [0.25, 0.3) is 0 Å². The molecule has 21 aliphatic rings. The summed E-state index contributed by atoms with van der Waals surface area (Å²) in [6.45, 7) is -4.62. The van der Waals surface area contributed by atoms with E-state index < -0.39 is 261 Å². The molecule has 0 saturated carbocycles. The normalized spacial score (nSPS) is 52.9. The lowest BCUT2D eigenvalue weighted by molar-refractivity contribution is -1.08. The summed E-state index contributed by atoms with van der Waals surface area (Å²) in [7, 11) is 3.27. The van der Waals surface area contributed by atoms with Crippen LogP contribution in [0.3, 0.4) is 0 Å². The summed E-state index contributed by atoms with van der Waals surface area (Å²) in [5, 5.41) is 223. The summed E-state index contributed by atoms with van der Waals surface area (Å²) < 4.78 is 80.9. The van der Waals surface area contributed by atoms with Crippen molar-refractivity contribution in [3.8, 4) is 0 Å². The Kier molecular flexibility index (Phi) is 22.7. The molecule has 21 heterocycles. The van der Waals surface area contributed by atoms with Crippen LogP contribution in [0.4, 0.5) is 0 Å². The summed E-state index contributed by atoms with van der Waals surface area (Å²) in [6.07, 6.45) is -69.6. The number of ether oxygens (including phenoxy) is 14. The summed E-state index contributed by atoms with van der Waals surface area (Å²) in [4.78, 5) is 5.99. The van der Waals surface area contributed by atoms with Gasteiger partial charge in [-0.3, -0.25) is 0 Å². The Bertz CT molecular complexity index is 1960. The second kappa shape index (κ2) is 27.9. The molecule has 0 aromatic carbocycles. The lowest BCUT2D eigenvalue weighted by Crippen LogP contribution is -2.68. The molecular formula is C46H80NO35+. The number of hydroxylamine groups is 3. The molecule has 82 heavy (non-hydrogen) atoms. The van der Waals surface area contributed by atoms with E-state index in [1.807, 2.05) is 0 Å². The summed E-state index contributed by atoms with van der Waals surface area (Å²) in [6, 6.07) is 0. The van der Waals surface area contributed by atoms with Gasteiger partial charge < -0.3 is 168 Å². The van der Waals surface area contributed by atoms with Gasteiger partial charge in [0, 0.05) is 0 Å². The highest BCUT2D eigenvalue weighted by molar-refractivity contribution is 5.01. The Labute approximate surface area is 466 Å². The van der Waals surface area contributed by atoms with Gasteiger partial charge >= 0.3 is 0 Å². The number of aliphatic hydroxyl groups excluding tert-OH is 20. The van der Waals surface area contributed by atoms with Crippen LogP contribution in [-0.4, -0.2) is 389 Å². The van der Waals surface area contributed by atoms with Crippen LogP contribution in [-0.2, 0) is 71.2 Å². The lowest BCUT2D eigenvalue weighted by atomic mass is 9.95. The minimum Gasteiger partial charge on any atom is -0.394 e. The molecule has 21 saturated heterocycles. The van der Waals surface area contributed by atoms with Gasteiger partial charge in [-0.1, -0.05) is 0 Å². The zero-order valence-electron chi connectivity index (χ0n) is 44.4. The van der Waals surface area contributed by atoms with Crippen molar-refractivity contribution >= 4 is 0 Å². The number of hydrogen-bond donors (Lipinski definition) is 20. The van der Waals surface area contributed by atoms with Crippen molar-refractivity contribution in [1.82, 2.24) is 0 Å². The minimum atomic E-state index is -2.21. The van der Waals surface area contributed by atoms with Crippen molar-refractivity contribution in [2.45, 2.75) is 222 Å². The number of nitrogens with zero attached hydrogens (tertiary/aromatic N) is 1. The Morgan fingerprint density at radius 2 is 0.415 bits per heavy atom. The average Bonchev–Trinajstić information content (AvgIpc) is 3.18. The average molecular weight is 1210 g/mol. The van der Waals surface area contributed by atoms with Crippen molar-refractivity contribution in [1.29, 1.82) is 0 Å². The van der Waals surface area contributed by atoms with Crippen LogP contribution in [0.1, 0.15) is 6.92 Å². The van der Waals surface area contributed by atoms with Gasteiger partial charge in [0.15, 0.2) is 44.0 Å². The molecule has 0 aromatic heterocycles. The van der Waals surface area contributed by atoms with Gasteiger partial charge in [-0.25, -0.2) is 4.84 Å². The third-order valence-corrected chi connectivity index (χ3v) is 16.0. The zero-order chi connectivity index (χ0) is 60.0. The fraction of sp³-hybridized carbons (Fsp3) is 1.00. The van der Waals surface area contributed by atoms with E-state index in [0.29, 0.717) is 6.54 Å². The van der Waals surface area contributed by atoms with E-state index in [2.05, 4.69) is 0 Å². The summed E-state index contributed by atoms with van der Waals surface area (Å²) >= 11 is 0. The molecule has 0 spiro atoms. The van der Waals surface area contributed by atoms with Crippen LogP contribution in [0, 0.1) is 0 Å². The number of aliphatic hydroxyl groups is 20. The van der Waals surface area contributed by atoms with Crippen LogP contribution < -0.4 is 0 Å². The molecule has 36 heteroatoms. The maximum absolute atomic E-state index is 11.7. The monoisotopic (exact) mass is 1210 g/mol. The lowest BCUT2D eigenvalue weighted by Gasteiger charge is -2.50. The first kappa shape index (κ1) is 66.5. The second-order valence-electron chi connectivity index (χ2n) is 21.7. The first-order valence-electron chi connectivity index (χ1n) is 26.7. The maximum Gasteiger partial charge on any atom is 0.187 e. The number of hydrogen-bond acceptors (Lipinski definition) is 35. The predicted molar refractivity (Wildman–Crippen MR) is 250 cm³/mol. The van der Waals surface area contributed by atoms with E-state index in [1.54, 1.807) is 21.0 Å². The molecule has 21 aliphatic heterocycles. The molecular weight excluding hydrogens is 1130 g/mol. The quantitative estimate of drug-likeness (QED) is 0.0713. The maximum atomic E-state index is 11.7. The minimum absolute atomic E-state index is 0.151. The van der Waals surface area contributed by atoms with Gasteiger partial charge in [-0.05, 0) is 6.92 Å². The van der Waals surface area contributed by atoms with E-state index in [-0.39, 0.29) is 4.65 Å². The van der Waals surface area contributed by atoms with Crippen molar-refractivity contribution in [2.24, 2.45) is 0 Å². The highest BCUT2D eigenvalue weighted by Gasteiger charge is 2.60. The fourth-order valence-corrected chi connectivity index (χ4v) is 10.8. The zero-order valence-corrected chi connectivity index (χ0v) is 44.4. The van der Waals surface area contributed by atoms with Crippen molar-refractivity contribution in [3.05, 3.63) is 0 Å². The molecule has 21 fully saturated rings. The molecule has 478 valence electrons. The van der Waals surface area contributed by atoms with Gasteiger partial charge in [0.05, 0.1) is 53.7 Å². The number of quaternary nitrogens is 1. The number of rotatable bonds is 10. The molecule has 0 unspecified atom stereocenters. The molecule has 35 atom stereocenters. The van der Waals surface area contributed by atoms with Crippen molar-refractivity contribution in [3.63, 3.8) is 0 Å². The van der Waals surface area contributed by atoms with Crippen LogP contribution >= 0.6 is 0 Å². The van der Waals surface area contributed by atoms with Crippen LogP contribution in [0.15, 0.2) is 0 Å². The molecule has 21 rings (SSSR count). The predicted octanol–water partition coefficient (Wildman–Crippen LogP) is -14.2. The Hall–Kier alpha value is -1.44. The first-order valence-corrected chi connectivity index (χ1v) is 26.7. The topological polar surface area (TPSA) is 543 Å². The molecule has 36 nitrogen and oxygen atoms in total. The molecule has 14 bridgehead atoms. The van der Waals surface area contributed by atoms with Gasteiger partial charge in [-0.2, -0.15) is 4.65 Å². The van der Waals surface area contributed by atoms with E-state index in [9.17, 15) is 102 Å². The Morgan fingerprint density at radius 3 is 0.573 bits per heavy atom. The third-order valence-electron chi connectivity index (χ3n) is 16.0. The Balaban J connectivity index is 1.10. The van der Waals surface area contributed by atoms with Gasteiger partial charge in [0.1, 0.15) is 184 Å². The standard InChI is InChI=1S/C46H80NO35/c1-4-47(2,3)68-11-18-39-25(60)32(67)46(75-18)81-38-17(10-53)73-44(30(65)23(38)58)79-36-15(8-51)71-42(28(63)21(36)56)77-34-13(6-49)69-40(26(61)19(34)54)76-33-12(5-48)70-41(27(62)20(33)55)78-35-14(7-50)72-43(29(64)22(35)57)80-37-16(9-52)74-45(82-39)31(66)24(37)59/h12-46,48-67H,4-11H2,1-3H3/q+1/t12-,13-,14-,15-,16-,17-,18-,19-,20-,21-,22-,23-,24-,25-,26-,27-,28-,29-,30-,31-,32-,33-,34-,35-,36-,37-,38-,39-,40-,41-,42-,43-,44-,45-,46-/m1/s1. The highest BCUT2D eigenvalue weighted by atomic mass is 16.8. The van der Waals surface area contributed by atoms with Crippen LogP contribution in [0.2, 0.25) is 0 Å². The summed E-state index contributed by atoms with van der Waals surface area (Å²) in [5.41, 5.74) is 0. The summed E-state index contributed by atoms with van der Waals surface area (Å²) in [5.74, 6) is 0. The smallest absolute Gasteiger partial charge is 0.187 e. The van der Waals surface area contributed by atoms with Crippen molar-refractivity contribution < 1.29 is 178 Å². The Morgan fingerprint density at radius 1 is 0.256 bits per heavy atom. The molecule has 0 aliphatic carbocycles. The van der Waals surface area contributed by atoms with E-state index in [0.717, 1.165) is 0 Å². The molecule has 0 amide bonds. The second-order valence-corrected chi connectivity index (χ2v) is 21.7. The molecule has 0 radical (unpaired) electrons. The SMILES string of the molecule is CC[N+](C)(C)OC[C@H]1O[C@@H]2O[C@H]3[C@H](O)[C@@H](O)[C@@H](O[C@H]4[C@H](O)[C@@H](O)[C@@H](O[C@H]5[C@H](O)[C@@H](O)[C@@H](O[C@H]6[C@H](O)[C@@H](O)[C@@H](O[C@H]7[C@H](O)[C@@H](O)[C@@H](O[C@H]8[C@H](O)[C@@H](O)[C@@H](O[C@H]1[C@H](O)[C@H]2O)O[C@@H]8CO)O[C@@H]7CO)O[C@@H]6CO)O[C@@H]5CO)O[C@@H]4CO)O[C@@H]3CO. The van der Waals surface area contributed by atoms with Gasteiger partial charge in [0.2, 0.25) is 0 Å². The fourth-order valence-electron chi connectivity index (χ4n) is 10.8. The first-order chi connectivity index (χ1) is 38.9. The van der Waals surface area contributed by atoms with E-state index >= 15 is 0 Å². The molecule has 0 aromatic rings. The van der Waals surface area contributed by atoms with E-state index in [4.69, 9.17) is 71.2 Å². The van der Waals surface area contributed by atoms with Crippen LogP contribution in [0.5, 0.6) is 0 Å². The van der Waals surface area contributed by atoms with E-state index in [1.165, 1.54) is 0 Å².